The lowest BCUT2D eigenvalue weighted by Gasteiger charge is -2.15. The Morgan fingerprint density at radius 2 is 1.87 bits per heavy atom. The Hall–Kier alpha value is -0.600. The average molecular weight is 268 g/mol. The molecule has 0 fully saturated rings. The molecule has 0 spiro atoms. The fraction of sp³-hybridized carbons (Fsp3) is 0.385. The third-order valence-corrected chi connectivity index (χ3v) is 2.62. The molecule has 0 radical (unpaired) electrons. The number of hydrogen-bond donors (Lipinski definition) is 1. The van der Waals surface area contributed by atoms with Gasteiger partial charge in [-0.3, -0.25) is 0 Å². The van der Waals surface area contributed by atoms with Crippen LogP contribution in [0.25, 0.3) is 0 Å². The van der Waals surface area contributed by atoms with Crippen LogP contribution in [0.2, 0.25) is 0 Å². The normalized spacial score (nSPS) is 12.5. The van der Waals surface area contributed by atoms with Crippen LogP contribution in [0, 0.1) is 13.8 Å². The van der Waals surface area contributed by atoms with E-state index < -0.39 is 0 Å². The van der Waals surface area contributed by atoms with E-state index in [1.165, 1.54) is 16.7 Å². The molecule has 2 heteroatoms. The van der Waals surface area contributed by atoms with E-state index in [9.17, 15) is 0 Å². The van der Waals surface area contributed by atoms with E-state index in [4.69, 9.17) is 0 Å². The van der Waals surface area contributed by atoms with Crippen molar-refractivity contribution in [3.8, 4) is 0 Å². The molecule has 0 amide bonds. The highest BCUT2D eigenvalue weighted by Gasteiger charge is 2.05. The van der Waals surface area contributed by atoms with Crippen LogP contribution in [0.4, 0.5) is 0 Å². The van der Waals surface area contributed by atoms with Crippen LogP contribution in [0.1, 0.15) is 29.7 Å². The van der Waals surface area contributed by atoms with Gasteiger partial charge in [0.25, 0.3) is 0 Å². The van der Waals surface area contributed by atoms with Crippen molar-refractivity contribution in [2.24, 2.45) is 0 Å². The number of halogens is 1. The van der Waals surface area contributed by atoms with Crippen molar-refractivity contribution in [1.29, 1.82) is 0 Å². The van der Waals surface area contributed by atoms with Crippen molar-refractivity contribution in [1.82, 2.24) is 5.32 Å². The first-order chi connectivity index (χ1) is 6.99. The Kier molecular flexibility index (Phi) is 4.55. The van der Waals surface area contributed by atoms with Gasteiger partial charge in [0.15, 0.2) is 0 Å². The molecule has 1 nitrogen and oxygen atoms in total. The molecule has 82 valence electrons. The lowest BCUT2D eigenvalue weighted by molar-refractivity contribution is 0.615. The summed E-state index contributed by atoms with van der Waals surface area (Å²) in [5.74, 6) is 0. The Balaban J connectivity index is 2.72. The Morgan fingerprint density at radius 3 is 2.33 bits per heavy atom. The molecule has 0 aliphatic rings. The second-order valence-corrected chi connectivity index (χ2v) is 5.16. The predicted molar refractivity (Wildman–Crippen MR) is 70.4 cm³/mol. The summed E-state index contributed by atoms with van der Waals surface area (Å²) in [4.78, 5) is 0. The van der Waals surface area contributed by atoms with Gasteiger partial charge in [-0.15, -0.1) is 0 Å². The van der Waals surface area contributed by atoms with Crippen LogP contribution in [-0.4, -0.2) is 6.54 Å². The summed E-state index contributed by atoms with van der Waals surface area (Å²) in [7, 11) is 0. The Labute approximate surface area is 101 Å². The predicted octanol–water partition coefficient (Wildman–Crippen LogP) is 3.86. The zero-order chi connectivity index (χ0) is 11.4. The van der Waals surface area contributed by atoms with Crippen molar-refractivity contribution in [3.05, 3.63) is 46.0 Å². The number of benzene rings is 1. The van der Waals surface area contributed by atoms with Crippen LogP contribution in [0.3, 0.4) is 0 Å². The van der Waals surface area contributed by atoms with E-state index >= 15 is 0 Å². The molecule has 15 heavy (non-hydrogen) atoms. The van der Waals surface area contributed by atoms with Crippen molar-refractivity contribution < 1.29 is 0 Å². The summed E-state index contributed by atoms with van der Waals surface area (Å²) in [6.07, 6.45) is 0. The van der Waals surface area contributed by atoms with Crippen molar-refractivity contribution >= 4 is 15.9 Å². The van der Waals surface area contributed by atoms with E-state index in [1.807, 2.05) is 0 Å². The topological polar surface area (TPSA) is 12.0 Å². The van der Waals surface area contributed by atoms with Gasteiger partial charge in [0.05, 0.1) is 0 Å². The fourth-order valence-corrected chi connectivity index (χ4v) is 1.80. The van der Waals surface area contributed by atoms with Crippen LogP contribution in [0.15, 0.2) is 29.3 Å². The minimum atomic E-state index is 0.359. The van der Waals surface area contributed by atoms with Crippen molar-refractivity contribution in [2.75, 3.05) is 6.54 Å². The molecule has 0 aliphatic heterocycles. The molecule has 1 aromatic rings. The van der Waals surface area contributed by atoms with Gasteiger partial charge in [0, 0.05) is 17.1 Å². The maximum absolute atomic E-state index is 3.81. The standard InChI is InChI=1S/C13H18BrN/c1-9-5-10(2)7-13(6-9)12(4)15-8-11(3)14/h5-7,12,15H,3,8H2,1-2,4H3. The molecule has 0 bridgehead atoms. The first-order valence-corrected chi connectivity index (χ1v) is 5.93. The van der Waals surface area contributed by atoms with Crippen molar-refractivity contribution in [2.45, 2.75) is 26.8 Å². The number of rotatable bonds is 4. The van der Waals surface area contributed by atoms with Gasteiger partial charge in [-0.25, -0.2) is 0 Å². The number of hydrogen-bond acceptors (Lipinski definition) is 1. The van der Waals surface area contributed by atoms with Gasteiger partial charge in [-0.1, -0.05) is 51.8 Å². The fourth-order valence-electron chi connectivity index (χ4n) is 1.64. The highest BCUT2D eigenvalue weighted by Crippen LogP contribution is 2.16. The smallest absolute Gasteiger partial charge is 0.0295 e. The summed E-state index contributed by atoms with van der Waals surface area (Å²) in [5, 5.41) is 3.41. The maximum Gasteiger partial charge on any atom is 0.0295 e. The van der Waals surface area contributed by atoms with E-state index in [0.717, 1.165) is 11.0 Å². The molecular weight excluding hydrogens is 250 g/mol. The van der Waals surface area contributed by atoms with E-state index in [0.29, 0.717) is 6.04 Å². The van der Waals surface area contributed by atoms with Gasteiger partial charge in [-0.05, 0) is 26.3 Å². The summed E-state index contributed by atoms with van der Waals surface area (Å²) in [6.45, 7) is 11.0. The molecule has 1 unspecified atom stereocenters. The molecule has 0 saturated carbocycles. The third-order valence-electron chi connectivity index (χ3n) is 2.34. The quantitative estimate of drug-likeness (QED) is 0.874. The van der Waals surface area contributed by atoms with Crippen LogP contribution in [0.5, 0.6) is 0 Å². The summed E-state index contributed by atoms with van der Waals surface area (Å²) in [6, 6.07) is 7.00. The van der Waals surface area contributed by atoms with Crippen LogP contribution in [-0.2, 0) is 0 Å². The maximum atomic E-state index is 3.81. The summed E-state index contributed by atoms with van der Waals surface area (Å²) in [5.41, 5.74) is 3.97. The number of aryl methyl sites for hydroxylation is 2. The molecule has 1 atom stereocenters. The molecule has 0 aliphatic carbocycles. The first kappa shape index (κ1) is 12.5. The van der Waals surface area contributed by atoms with Crippen molar-refractivity contribution in [3.63, 3.8) is 0 Å². The molecule has 1 N–H and O–H groups in total. The highest BCUT2D eigenvalue weighted by atomic mass is 79.9. The van der Waals surface area contributed by atoms with Gasteiger partial charge >= 0.3 is 0 Å². The van der Waals surface area contributed by atoms with E-state index in [2.05, 4.69) is 66.8 Å². The summed E-state index contributed by atoms with van der Waals surface area (Å²) < 4.78 is 0.985. The van der Waals surface area contributed by atoms with Gasteiger partial charge in [0.2, 0.25) is 0 Å². The van der Waals surface area contributed by atoms with Gasteiger partial charge < -0.3 is 5.32 Å². The van der Waals surface area contributed by atoms with Gasteiger partial charge in [-0.2, -0.15) is 0 Å². The second-order valence-electron chi connectivity index (χ2n) is 4.04. The first-order valence-electron chi connectivity index (χ1n) is 5.14. The zero-order valence-electron chi connectivity index (χ0n) is 9.60. The molecule has 0 aromatic heterocycles. The van der Waals surface area contributed by atoms with E-state index in [1.54, 1.807) is 0 Å². The molecule has 1 rings (SSSR count). The molecule has 0 saturated heterocycles. The largest absolute Gasteiger partial charge is 0.306 e. The van der Waals surface area contributed by atoms with E-state index in [-0.39, 0.29) is 0 Å². The molecule has 0 heterocycles. The van der Waals surface area contributed by atoms with Crippen LogP contribution >= 0.6 is 15.9 Å². The van der Waals surface area contributed by atoms with Gasteiger partial charge in [0.1, 0.15) is 0 Å². The molecule has 1 aromatic carbocycles. The SMILES string of the molecule is C=C(Br)CNC(C)c1cc(C)cc(C)c1. The summed E-state index contributed by atoms with van der Waals surface area (Å²) >= 11 is 3.35. The number of nitrogens with one attached hydrogen (secondary N) is 1. The molecular formula is C13H18BrN. The Morgan fingerprint density at radius 1 is 1.33 bits per heavy atom. The minimum absolute atomic E-state index is 0.359. The Bertz CT molecular complexity index is 337. The van der Waals surface area contributed by atoms with Crippen LogP contribution < -0.4 is 5.32 Å². The second kappa shape index (κ2) is 5.47. The zero-order valence-corrected chi connectivity index (χ0v) is 11.2. The third kappa shape index (κ3) is 4.18. The highest BCUT2D eigenvalue weighted by molar-refractivity contribution is 9.11. The monoisotopic (exact) mass is 267 g/mol. The average Bonchev–Trinajstić information content (AvgIpc) is 2.12. The minimum Gasteiger partial charge on any atom is -0.306 e. The lowest BCUT2D eigenvalue weighted by atomic mass is 10.0. The lowest BCUT2D eigenvalue weighted by Crippen LogP contribution is -2.19.